The summed E-state index contributed by atoms with van der Waals surface area (Å²) in [6, 6.07) is 2.27. The molecule has 0 radical (unpaired) electrons. The number of nitriles is 1. The number of carbonyl (C=O) groups is 1. The van der Waals surface area contributed by atoms with Gasteiger partial charge in [0.1, 0.15) is 5.54 Å². The van der Waals surface area contributed by atoms with E-state index in [0.717, 1.165) is 31.8 Å². The first-order valence-corrected chi connectivity index (χ1v) is 6.98. The fraction of sp³-hybridized carbons (Fsp3) is 0.857. The summed E-state index contributed by atoms with van der Waals surface area (Å²) in [7, 11) is 0. The number of rotatable bonds is 4. The summed E-state index contributed by atoms with van der Waals surface area (Å²) in [5.74, 6) is 1.13. The summed E-state index contributed by atoms with van der Waals surface area (Å²) in [6.45, 7) is 6.55. The number of likely N-dealkylation sites (tertiary alicyclic amines) is 1. The smallest absolute Gasteiger partial charge is 0.235 e. The van der Waals surface area contributed by atoms with Gasteiger partial charge in [-0.1, -0.05) is 6.92 Å². The maximum Gasteiger partial charge on any atom is 0.235 e. The van der Waals surface area contributed by atoms with Crippen LogP contribution in [-0.2, 0) is 4.79 Å². The van der Waals surface area contributed by atoms with Crippen LogP contribution in [-0.4, -0.2) is 36.0 Å². The van der Waals surface area contributed by atoms with E-state index in [9.17, 15) is 10.1 Å². The van der Waals surface area contributed by atoms with Crippen LogP contribution in [0.1, 0.15) is 39.5 Å². The first kappa shape index (κ1) is 13.4. The molecule has 0 aromatic carbocycles. The fourth-order valence-electron chi connectivity index (χ4n) is 2.63. The summed E-state index contributed by atoms with van der Waals surface area (Å²) in [5.41, 5.74) is -0.653. The van der Waals surface area contributed by atoms with Gasteiger partial charge >= 0.3 is 0 Å². The lowest BCUT2D eigenvalue weighted by Gasteiger charge is -2.31. The Hall–Kier alpha value is -1.08. The van der Waals surface area contributed by atoms with Crippen molar-refractivity contribution in [3.63, 3.8) is 0 Å². The lowest BCUT2D eigenvalue weighted by molar-refractivity contribution is -0.124. The van der Waals surface area contributed by atoms with E-state index < -0.39 is 5.54 Å². The average molecular weight is 249 g/mol. The van der Waals surface area contributed by atoms with Crippen LogP contribution in [0, 0.1) is 23.2 Å². The van der Waals surface area contributed by atoms with E-state index in [1.54, 1.807) is 0 Å². The molecule has 4 nitrogen and oxygen atoms in total. The van der Waals surface area contributed by atoms with Crippen LogP contribution in [0.5, 0.6) is 0 Å². The van der Waals surface area contributed by atoms with Crippen LogP contribution in [0.25, 0.3) is 0 Å². The molecule has 2 rings (SSSR count). The van der Waals surface area contributed by atoms with E-state index in [4.69, 9.17) is 0 Å². The van der Waals surface area contributed by atoms with E-state index in [2.05, 4.69) is 23.2 Å². The van der Waals surface area contributed by atoms with Crippen molar-refractivity contribution in [1.82, 2.24) is 10.2 Å². The van der Waals surface area contributed by atoms with Gasteiger partial charge in [-0.2, -0.15) is 5.26 Å². The minimum atomic E-state index is -0.653. The van der Waals surface area contributed by atoms with Crippen molar-refractivity contribution < 1.29 is 4.79 Å². The van der Waals surface area contributed by atoms with Crippen LogP contribution in [0.3, 0.4) is 0 Å². The molecule has 2 fully saturated rings. The lowest BCUT2D eigenvalue weighted by atomic mass is 9.97. The highest BCUT2D eigenvalue weighted by molar-refractivity contribution is 5.79. The summed E-state index contributed by atoms with van der Waals surface area (Å²) in [4.78, 5) is 14.2. The highest BCUT2D eigenvalue weighted by atomic mass is 16.2. The fourth-order valence-corrected chi connectivity index (χ4v) is 2.63. The molecule has 0 bridgehead atoms. The predicted molar refractivity (Wildman–Crippen MR) is 69.7 cm³/mol. The normalized spacial score (nSPS) is 25.2. The maximum absolute atomic E-state index is 12.0. The van der Waals surface area contributed by atoms with Crippen molar-refractivity contribution in [3.05, 3.63) is 0 Å². The Morgan fingerprint density at radius 3 is 2.50 bits per heavy atom. The van der Waals surface area contributed by atoms with Gasteiger partial charge in [0.25, 0.3) is 0 Å². The first-order chi connectivity index (χ1) is 8.53. The van der Waals surface area contributed by atoms with Crippen LogP contribution in [0.15, 0.2) is 0 Å². The highest BCUT2D eigenvalue weighted by Gasteiger charge is 2.43. The van der Waals surface area contributed by atoms with Crippen molar-refractivity contribution >= 4 is 5.91 Å². The zero-order valence-corrected chi connectivity index (χ0v) is 11.4. The van der Waals surface area contributed by atoms with Gasteiger partial charge in [-0.15, -0.1) is 0 Å². The molecule has 1 saturated carbocycles. The van der Waals surface area contributed by atoms with Crippen LogP contribution < -0.4 is 5.32 Å². The van der Waals surface area contributed by atoms with Crippen molar-refractivity contribution in [1.29, 1.82) is 5.26 Å². The topological polar surface area (TPSA) is 56.1 Å². The Morgan fingerprint density at radius 2 is 2.00 bits per heavy atom. The Morgan fingerprint density at radius 1 is 1.39 bits per heavy atom. The van der Waals surface area contributed by atoms with Gasteiger partial charge in [0.15, 0.2) is 0 Å². The number of hydrogen-bond donors (Lipinski definition) is 1. The highest BCUT2D eigenvalue weighted by Crippen LogP contribution is 2.39. The summed E-state index contributed by atoms with van der Waals surface area (Å²) < 4.78 is 0. The number of nitrogens with one attached hydrogen (secondary N) is 1. The predicted octanol–water partition coefficient (Wildman–Crippen LogP) is 1.53. The summed E-state index contributed by atoms with van der Waals surface area (Å²) in [5, 5.41) is 12.1. The number of carbonyl (C=O) groups excluding carboxylic acids is 1. The molecule has 1 saturated heterocycles. The third-order valence-electron chi connectivity index (χ3n) is 4.27. The minimum absolute atomic E-state index is 0.000466. The Balaban J connectivity index is 1.80. The first-order valence-electron chi connectivity index (χ1n) is 6.98. The Kier molecular flexibility index (Phi) is 3.91. The molecule has 0 aromatic heterocycles. The molecule has 0 unspecified atom stereocenters. The molecule has 4 heteroatoms. The van der Waals surface area contributed by atoms with Crippen LogP contribution >= 0.6 is 0 Å². The molecule has 2 aliphatic rings. The molecule has 0 spiro atoms. The molecule has 0 aromatic rings. The maximum atomic E-state index is 12.0. The van der Waals surface area contributed by atoms with Gasteiger partial charge < -0.3 is 5.32 Å². The summed E-state index contributed by atoms with van der Waals surface area (Å²) >= 11 is 0. The van der Waals surface area contributed by atoms with Crippen molar-refractivity contribution in [2.75, 3.05) is 19.6 Å². The van der Waals surface area contributed by atoms with E-state index in [-0.39, 0.29) is 5.91 Å². The Labute approximate surface area is 109 Å². The van der Waals surface area contributed by atoms with Crippen molar-refractivity contribution in [2.24, 2.45) is 11.8 Å². The molecular weight excluding hydrogens is 226 g/mol. The second kappa shape index (κ2) is 5.27. The van der Waals surface area contributed by atoms with E-state index >= 15 is 0 Å². The zero-order chi connectivity index (χ0) is 13.2. The molecule has 1 atom stereocenters. The quantitative estimate of drug-likeness (QED) is 0.822. The number of hydrogen-bond acceptors (Lipinski definition) is 3. The molecule has 18 heavy (non-hydrogen) atoms. The third kappa shape index (κ3) is 3.23. The minimum Gasteiger partial charge on any atom is -0.337 e. The van der Waals surface area contributed by atoms with Gasteiger partial charge in [0.2, 0.25) is 5.91 Å². The Bertz CT molecular complexity index is 351. The third-order valence-corrected chi connectivity index (χ3v) is 4.27. The second-order valence-corrected chi connectivity index (χ2v) is 6.10. The average Bonchev–Trinajstić information content (AvgIpc) is 3.16. The van der Waals surface area contributed by atoms with Gasteiger partial charge in [0.05, 0.1) is 12.6 Å². The zero-order valence-electron chi connectivity index (χ0n) is 11.4. The van der Waals surface area contributed by atoms with Crippen LogP contribution in [0.2, 0.25) is 0 Å². The van der Waals surface area contributed by atoms with Crippen molar-refractivity contribution in [2.45, 2.75) is 45.1 Å². The van der Waals surface area contributed by atoms with E-state index in [1.807, 2.05) is 6.92 Å². The largest absolute Gasteiger partial charge is 0.337 e. The number of piperidine rings is 1. The van der Waals surface area contributed by atoms with E-state index in [0.29, 0.717) is 12.5 Å². The van der Waals surface area contributed by atoms with Gasteiger partial charge in [-0.25, -0.2) is 0 Å². The van der Waals surface area contributed by atoms with E-state index in [1.165, 1.54) is 12.8 Å². The van der Waals surface area contributed by atoms with Crippen LogP contribution in [0.4, 0.5) is 0 Å². The monoisotopic (exact) mass is 249 g/mol. The molecule has 1 heterocycles. The molecule has 100 valence electrons. The molecule has 1 aliphatic heterocycles. The number of nitrogens with zero attached hydrogens (tertiary/aromatic N) is 2. The number of amides is 1. The lowest BCUT2D eigenvalue weighted by Crippen LogP contribution is -2.51. The standard InChI is InChI=1S/C14H23N3O/c1-11-5-7-17(8-6-11)9-13(18)16-14(2,10-15)12-3-4-12/h11-12H,3-9H2,1-2H3,(H,16,18)/t14-/m0/s1. The van der Waals surface area contributed by atoms with Gasteiger partial charge in [-0.05, 0) is 57.5 Å². The molecule has 1 amide bonds. The SMILES string of the molecule is CC1CCN(CC(=O)N[C@@](C)(C#N)C2CC2)CC1. The van der Waals surface area contributed by atoms with Crippen molar-refractivity contribution in [3.8, 4) is 6.07 Å². The second-order valence-electron chi connectivity index (χ2n) is 6.10. The summed E-state index contributed by atoms with van der Waals surface area (Å²) in [6.07, 6.45) is 4.47. The van der Waals surface area contributed by atoms with Gasteiger partial charge in [-0.3, -0.25) is 9.69 Å². The molecule has 1 N–H and O–H groups in total. The molecular formula is C14H23N3O. The van der Waals surface area contributed by atoms with Gasteiger partial charge in [0, 0.05) is 0 Å². The molecule has 1 aliphatic carbocycles.